The summed E-state index contributed by atoms with van der Waals surface area (Å²) in [4.78, 5) is 4.34. The summed E-state index contributed by atoms with van der Waals surface area (Å²) >= 11 is 6.94. The van der Waals surface area contributed by atoms with Crippen LogP contribution < -0.4 is 0 Å². The lowest BCUT2D eigenvalue weighted by atomic mass is 10.2. The Labute approximate surface area is 126 Å². The summed E-state index contributed by atoms with van der Waals surface area (Å²) in [6.07, 6.45) is 0.644. The monoisotopic (exact) mass is 390 g/mol. The molecule has 3 rings (SSSR count). The molecule has 2 aromatic rings. The van der Waals surface area contributed by atoms with Crippen molar-refractivity contribution >= 4 is 42.9 Å². The number of fused-ring (bicyclic) bond motifs is 1. The molecule has 0 radical (unpaired) electrons. The summed E-state index contributed by atoms with van der Waals surface area (Å²) in [5, 5.41) is 18.9. The van der Waals surface area contributed by atoms with Gasteiger partial charge in [0.25, 0.3) is 0 Å². The number of rotatable bonds is 2. The summed E-state index contributed by atoms with van der Waals surface area (Å²) in [7, 11) is 0. The lowest BCUT2D eigenvalue weighted by molar-refractivity contribution is -0.0430. The minimum Gasteiger partial charge on any atom is -0.394 e. The Morgan fingerprint density at radius 1 is 1.42 bits per heavy atom. The number of hydrogen-bond acceptors (Lipinski definition) is 4. The molecule has 102 valence electrons. The Hall–Kier alpha value is -0.470. The van der Waals surface area contributed by atoms with E-state index in [1.165, 1.54) is 0 Å². The maximum absolute atomic E-state index is 9.81. The Morgan fingerprint density at radius 3 is 2.89 bits per heavy atom. The summed E-state index contributed by atoms with van der Waals surface area (Å²) in [6, 6.07) is 3.86. The minimum atomic E-state index is -0.651. The molecule has 19 heavy (non-hydrogen) atoms. The molecule has 7 heteroatoms. The third kappa shape index (κ3) is 2.34. The molecule has 1 aliphatic heterocycles. The van der Waals surface area contributed by atoms with Crippen molar-refractivity contribution in [3.05, 3.63) is 27.4 Å². The van der Waals surface area contributed by atoms with Crippen LogP contribution in [0.1, 0.15) is 12.6 Å². The molecule has 1 aromatic heterocycles. The highest BCUT2D eigenvalue weighted by Gasteiger charge is 2.35. The zero-order valence-corrected chi connectivity index (χ0v) is 13.0. The highest BCUT2D eigenvalue weighted by atomic mass is 79.9. The van der Waals surface area contributed by atoms with Gasteiger partial charge in [0.1, 0.15) is 12.3 Å². The fourth-order valence-electron chi connectivity index (χ4n) is 2.36. The van der Waals surface area contributed by atoms with E-state index in [4.69, 9.17) is 9.84 Å². The van der Waals surface area contributed by atoms with E-state index in [0.717, 1.165) is 20.0 Å². The van der Waals surface area contributed by atoms with Crippen LogP contribution in [0.4, 0.5) is 0 Å². The Balaban J connectivity index is 2.03. The van der Waals surface area contributed by atoms with Crippen molar-refractivity contribution in [3.63, 3.8) is 0 Å². The molecule has 0 amide bonds. The lowest BCUT2D eigenvalue weighted by Gasteiger charge is -2.14. The maximum atomic E-state index is 9.81. The largest absolute Gasteiger partial charge is 0.394 e. The summed E-state index contributed by atoms with van der Waals surface area (Å²) < 4.78 is 9.38. The highest BCUT2D eigenvalue weighted by molar-refractivity contribution is 9.11. The molecule has 0 aliphatic carbocycles. The SMILES string of the molecule is OC[C@H]1O[C@@H](n2cnc3cc(Br)cc(Br)c32)C[C@@H]1O. The molecular weight excluding hydrogens is 380 g/mol. The Bertz CT molecular complexity index is 616. The third-order valence-electron chi connectivity index (χ3n) is 3.28. The number of halogens is 2. The smallest absolute Gasteiger partial charge is 0.138 e. The fourth-order valence-corrected chi connectivity index (χ4v) is 3.76. The molecule has 0 unspecified atom stereocenters. The Kier molecular flexibility index (Phi) is 3.65. The molecule has 0 bridgehead atoms. The first-order chi connectivity index (χ1) is 9.10. The van der Waals surface area contributed by atoms with Crippen LogP contribution in [0.25, 0.3) is 11.0 Å². The maximum Gasteiger partial charge on any atom is 0.138 e. The van der Waals surface area contributed by atoms with Crippen LogP contribution in [0.3, 0.4) is 0 Å². The number of aromatic nitrogens is 2. The summed E-state index contributed by atoms with van der Waals surface area (Å²) in [6.45, 7) is -0.184. The van der Waals surface area contributed by atoms with Crippen LogP contribution in [-0.2, 0) is 4.74 Å². The van der Waals surface area contributed by atoms with Gasteiger partial charge in [0.2, 0.25) is 0 Å². The summed E-state index contributed by atoms with van der Waals surface area (Å²) in [5.41, 5.74) is 1.76. The van der Waals surface area contributed by atoms with E-state index in [1.54, 1.807) is 6.33 Å². The van der Waals surface area contributed by atoms with Crippen molar-refractivity contribution in [1.82, 2.24) is 9.55 Å². The van der Waals surface area contributed by atoms with Crippen LogP contribution in [-0.4, -0.2) is 38.6 Å². The fraction of sp³-hybridized carbons (Fsp3) is 0.417. The average molecular weight is 392 g/mol. The number of aliphatic hydroxyl groups excluding tert-OH is 2. The van der Waals surface area contributed by atoms with Crippen LogP contribution in [0.5, 0.6) is 0 Å². The van der Waals surface area contributed by atoms with Gasteiger partial charge in [-0.15, -0.1) is 0 Å². The first-order valence-electron chi connectivity index (χ1n) is 5.86. The number of benzene rings is 1. The van der Waals surface area contributed by atoms with Gasteiger partial charge in [-0.3, -0.25) is 0 Å². The molecule has 1 saturated heterocycles. The quantitative estimate of drug-likeness (QED) is 0.823. The Morgan fingerprint density at radius 2 is 2.21 bits per heavy atom. The van der Waals surface area contributed by atoms with E-state index in [-0.39, 0.29) is 12.8 Å². The third-order valence-corrected chi connectivity index (χ3v) is 4.34. The number of nitrogens with zero attached hydrogens (tertiary/aromatic N) is 2. The van der Waals surface area contributed by atoms with E-state index in [9.17, 15) is 5.11 Å². The minimum absolute atomic E-state index is 0.184. The van der Waals surface area contributed by atoms with Gasteiger partial charge in [-0.05, 0) is 28.1 Å². The van der Waals surface area contributed by atoms with Crippen LogP contribution >= 0.6 is 31.9 Å². The normalized spacial score (nSPS) is 27.3. The van der Waals surface area contributed by atoms with Crippen molar-refractivity contribution < 1.29 is 14.9 Å². The van der Waals surface area contributed by atoms with Crippen LogP contribution in [0, 0.1) is 0 Å². The molecule has 1 fully saturated rings. The van der Waals surface area contributed by atoms with Gasteiger partial charge in [-0.1, -0.05) is 15.9 Å². The number of hydrogen-bond donors (Lipinski definition) is 2. The van der Waals surface area contributed by atoms with Crippen molar-refractivity contribution in [2.75, 3.05) is 6.61 Å². The first kappa shape index (κ1) is 13.5. The van der Waals surface area contributed by atoms with Crippen LogP contribution in [0.2, 0.25) is 0 Å². The number of imidazole rings is 1. The van der Waals surface area contributed by atoms with Gasteiger partial charge in [0.15, 0.2) is 0 Å². The van der Waals surface area contributed by atoms with Gasteiger partial charge < -0.3 is 19.5 Å². The molecule has 0 spiro atoms. The predicted molar refractivity (Wildman–Crippen MR) is 76.8 cm³/mol. The van der Waals surface area contributed by atoms with Gasteiger partial charge in [-0.25, -0.2) is 4.98 Å². The van der Waals surface area contributed by atoms with Gasteiger partial charge in [0, 0.05) is 15.4 Å². The molecule has 0 saturated carbocycles. The van der Waals surface area contributed by atoms with Crippen molar-refractivity contribution in [2.24, 2.45) is 0 Å². The number of ether oxygens (including phenoxy) is 1. The van der Waals surface area contributed by atoms with E-state index in [0.29, 0.717) is 6.42 Å². The second kappa shape index (κ2) is 5.14. The average Bonchev–Trinajstić information content (AvgIpc) is 2.92. The highest BCUT2D eigenvalue weighted by Crippen LogP contribution is 2.34. The molecule has 2 heterocycles. The van der Waals surface area contributed by atoms with E-state index < -0.39 is 12.2 Å². The molecular formula is C12H12Br2N2O3. The molecule has 1 aromatic carbocycles. The molecule has 2 N–H and O–H groups in total. The predicted octanol–water partition coefficient (Wildman–Crippen LogP) is 2.20. The van der Waals surface area contributed by atoms with Crippen molar-refractivity contribution in [2.45, 2.75) is 24.9 Å². The summed E-state index contributed by atoms with van der Waals surface area (Å²) in [5.74, 6) is 0. The van der Waals surface area contributed by atoms with E-state index in [1.807, 2.05) is 16.7 Å². The second-order valence-corrected chi connectivity index (χ2v) is 6.29. The zero-order chi connectivity index (χ0) is 13.6. The number of aliphatic hydroxyl groups is 2. The zero-order valence-electron chi connectivity index (χ0n) is 9.83. The lowest BCUT2D eigenvalue weighted by Crippen LogP contribution is -2.24. The van der Waals surface area contributed by atoms with Crippen LogP contribution in [0.15, 0.2) is 27.4 Å². The molecule has 3 atom stereocenters. The standard InChI is InChI=1S/C12H12Br2N2O3/c13-6-1-7(14)12-8(2-6)15-5-16(12)11-3-9(18)10(4-17)19-11/h1-2,5,9-11,17-18H,3-4H2/t9-,10+,11+/m0/s1. The second-order valence-electron chi connectivity index (χ2n) is 4.52. The van der Waals surface area contributed by atoms with E-state index >= 15 is 0 Å². The van der Waals surface area contributed by atoms with Gasteiger partial charge >= 0.3 is 0 Å². The molecule has 1 aliphatic rings. The molecule has 5 nitrogen and oxygen atoms in total. The van der Waals surface area contributed by atoms with Gasteiger partial charge in [0.05, 0.1) is 30.1 Å². The van der Waals surface area contributed by atoms with Crippen molar-refractivity contribution in [1.29, 1.82) is 0 Å². The first-order valence-corrected chi connectivity index (χ1v) is 7.44. The van der Waals surface area contributed by atoms with E-state index in [2.05, 4.69) is 36.8 Å². The van der Waals surface area contributed by atoms with Crippen molar-refractivity contribution in [3.8, 4) is 0 Å². The van der Waals surface area contributed by atoms with Gasteiger partial charge in [-0.2, -0.15) is 0 Å². The topological polar surface area (TPSA) is 67.5 Å².